The van der Waals surface area contributed by atoms with Crippen LogP contribution < -0.4 is 0 Å². The van der Waals surface area contributed by atoms with E-state index in [9.17, 15) is 9.59 Å². The van der Waals surface area contributed by atoms with Crippen LogP contribution in [0, 0.1) is 5.92 Å². The van der Waals surface area contributed by atoms with E-state index in [2.05, 4.69) is 0 Å². The second kappa shape index (κ2) is 9.02. The van der Waals surface area contributed by atoms with Gasteiger partial charge in [-0.25, -0.2) is 4.68 Å². The second-order valence-electron chi connectivity index (χ2n) is 7.12. The lowest BCUT2D eigenvalue weighted by Gasteiger charge is -2.31. The van der Waals surface area contributed by atoms with E-state index in [1.807, 2.05) is 35.7 Å². The highest BCUT2D eigenvalue weighted by molar-refractivity contribution is 7.13. The number of nitrogens with zero attached hydrogens (tertiary/aromatic N) is 3. The Morgan fingerprint density at radius 3 is 2.77 bits per heavy atom. The SMILES string of the molecule is CCOC(=O)C1CCCN(C(=O)c2cc(-c3cccs3)nn2-c2ccc(Cl)cc2)C1. The van der Waals surface area contributed by atoms with Crippen molar-refractivity contribution < 1.29 is 14.3 Å². The first kappa shape index (κ1) is 20.6. The molecule has 2 aromatic heterocycles. The second-order valence-corrected chi connectivity index (χ2v) is 8.51. The third-order valence-electron chi connectivity index (χ3n) is 5.10. The Hall–Kier alpha value is -2.64. The van der Waals surface area contributed by atoms with Crippen molar-refractivity contribution in [2.24, 2.45) is 5.92 Å². The van der Waals surface area contributed by atoms with E-state index in [-0.39, 0.29) is 17.8 Å². The highest BCUT2D eigenvalue weighted by Gasteiger charge is 2.31. The molecular formula is C22H22ClN3O3S. The molecule has 1 fully saturated rings. The van der Waals surface area contributed by atoms with Gasteiger partial charge in [0.15, 0.2) is 0 Å². The first-order valence-electron chi connectivity index (χ1n) is 9.92. The smallest absolute Gasteiger partial charge is 0.310 e. The summed E-state index contributed by atoms with van der Waals surface area (Å²) in [6.07, 6.45) is 1.50. The average molecular weight is 444 g/mol. The number of thiophene rings is 1. The fourth-order valence-corrected chi connectivity index (χ4v) is 4.44. The van der Waals surface area contributed by atoms with Crippen LogP contribution >= 0.6 is 22.9 Å². The minimum Gasteiger partial charge on any atom is -0.466 e. The van der Waals surface area contributed by atoms with Gasteiger partial charge in [-0.2, -0.15) is 5.10 Å². The summed E-state index contributed by atoms with van der Waals surface area (Å²) < 4.78 is 6.82. The standard InChI is InChI=1S/C22H22ClN3O3S/c1-2-29-22(28)15-5-3-11-25(14-15)21(27)19-13-18(20-6-4-12-30-20)24-26(19)17-9-7-16(23)8-10-17/h4,6-10,12-13,15H,2-3,5,11,14H2,1H3. The van der Waals surface area contributed by atoms with Gasteiger partial charge in [0.1, 0.15) is 11.4 Å². The van der Waals surface area contributed by atoms with Crippen LogP contribution in [0.4, 0.5) is 0 Å². The van der Waals surface area contributed by atoms with Gasteiger partial charge in [0.2, 0.25) is 0 Å². The summed E-state index contributed by atoms with van der Waals surface area (Å²) in [6.45, 7) is 3.10. The molecule has 3 aromatic rings. The molecule has 1 unspecified atom stereocenters. The summed E-state index contributed by atoms with van der Waals surface area (Å²) in [5.74, 6) is -0.666. The van der Waals surface area contributed by atoms with E-state index >= 15 is 0 Å². The quantitative estimate of drug-likeness (QED) is 0.537. The molecule has 0 aliphatic carbocycles. The molecule has 4 rings (SSSR count). The molecule has 30 heavy (non-hydrogen) atoms. The zero-order chi connectivity index (χ0) is 21.1. The Kier molecular flexibility index (Phi) is 6.20. The number of carbonyl (C=O) groups excluding carboxylic acids is 2. The molecule has 0 N–H and O–H groups in total. The molecule has 1 atom stereocenters. The van der Waals surface area contributed by atoms with E-state index < -0.39 is 0 Å². The van der Waals surface area contributed by atoms with Crippen molar-refractivity contribution in [2.45, 2.75) is 19.8 Å². The number of hydrogen-bond donors (Lipinski definition) is 0. The van der Waals surface area contributed by atoms with Crippen molar-refractivity contribution in [1.29, 1.82) is 0 Å². The fourth-order valence-electron chi connectivity index (χ4n) is 3.63. The molecule has 0 bridgehead atoms. The van der Waals surface area contributed by atoms with Crippen molar-refractivity contribution in [3.63, 3.8) is 0 Å². The molecule has 0 saturated carbocycles. The Morgan fingerprint density at radius 2 is 2.07 bits per heavy atom. The molecule has 1 saturated heterocycles. The van der Waals surface area contributed by atoms with Crippen LogP contribution in [0.1, 0.15) is 30.3 Å². The summed E-state index contributed by atoms with van der Waals surface area (Å²) in [7, 11) is 0. The van der Waals surface area contributed by atoms with Gasteiger partial charge in [0.05, 0.1) is 23.1 Å². The van der Waals surface area contributed by atoms with E-state index in [4.69, 9.17) is 21.4 Å². The van der Waals surface area contributed by atoms with Gasteiger partial charge in [0.25, 0.3) is 5.91 Å². The Bertz CT molecular complexity index is 1030. The zero-order valence-electron chi connectivity index (χ0n) is 16.6. The molecule has 3 heterocycles. The highest BCUT2D eigenvalue weighted by atomic mass is 35.5. The van der Waals surface area contributed by atoms with Gasteiger partial charge in [-0.15, -0.1) is 11.3 Å². The number of halogens is 1. The monoisotopic (exact) mass is 443 g/mol. The van der Waals surface area contributed by atoms with Gasteiger partial charge in [-0.05, 0) is 61.5 Å². The maximum absolute atomic E-state index is 13.5. The normalized spacial score (nSPS) is 16.5. The lowest BCUT2D eigenvalue weighted by molar-refractivity contribution is -0.149. The Balaban J connectivity index is 1.67. The number of amides is 1. The Morgan fingerprint density at radius 1 is 1.27 bits per heavy atom. The van der Waals surface area contributed by atoms with Crippen molar-refractivity contribution in [1.82, 2.24) is 14.7 Å². The van der Waals surface area contributed by atoms with Crippen LogP contribution in [-0.4, -0.2) is 46.3 Å². The molecule has 156 valence electrons. The molecule has 1 aromatic carbocycles. The van der Waals surface area contributed by atoms with Crippen LogP contribution in [0.3, 0.4) is 0 Å². The van der Waals surface area contributed by atoms with Crippen LogP contribution in [0.15, 0.2) is 47.8 Å². The third-order valence-corrected chi connectivity index (χ3v) is 6.25. The number of rotatable bonds is 5. The molecule has 1 aliphatic rings. The average Bonchev–Trinajstić information content (AvgIpc) is 3.44. The van der Waals surface area contributed by atoms with Crippen LogP contribution in [0.2, 0.25) is 5.02 Å². The number of esters is 1. The van der Waals surface area contributed by atoms with Gasteiger partial charge >= 0.3 is 5.97 Å². The Labute approximate surface area is 184 Å². The minimum absolute atomic E-state index is 0.144. The summed E-state index contributed by atoms with van der Waals surface area (Å²) in [6, 6.07) is 13.0. The lowest BCUT2D eigenvalue weighted by Crippen LogP contribution is -2.43. The van der Waals surface area contributed by atoms with Crippen LogP contribution in [0.5, 0.6) is 0 Å². The summed E-state index contributed by atoms with van der Waals surface area (Å²) in [4.78, 5) is 28.4. The largest absolute Gasteiger partial charge is 0.466 e. The number of piperidine rings is 1. The molecule has 1 aliphatic heterocycles. The summed E-state index contributed by atoms with van der Waals surface area (Å²) >= 11 is 7.60. The predicted molar refractivity (Wildman–Crippen MR) is 117 cm³/mol. The van der Waals surface area contributed by atoms with E-state index in [1.54, 1.807) is 40.0 Å². The van der Waals surface area contributed by atoms with Crippen molar-refractivity contribution >= 4 is 34.8 Å². The van der Waals surface area contributed by atoms with Gasteiger partial charge in [-0.3, -0.25) is 9.59 Å². The van der Waals surface area contributed by atoms with E-state index in [0.717, 1.165) is 29.1 Å². The third kappa shape index (κ3) is 4.27. The molecule has 0 spiro atoms. The van der Waals surface area contributed by atoms with Crippen molar-refractivity contribution in [2.75, 3.05) is 19.7 Å². The number of carbonyl (C=O) groups is 2. The number of likely N-dealkylation sites (tertiary alicyclic amines) is 1. The first-order valence-corrected chi connectivity index (χ1v) is 11.2. The predicted octanol–water partition coefficient (Wildman–Crippen LogP) is 4.67. The van der Waals surface area contributed by atoms with Crippen LogP contribution in [0.25, 0.3) is 16.3 Å². The molecule has 1 amide bonds. The van der Waals surface area contributed by atoms with Gasteiger partial charge in [0, 0.05) is 18.1 Å². The maximum Gasteiger partial charge on any atom is 0.310 e. The van der Waals surface area contributed by atoms with Gasteiger partial charge in [-0.1, -0.05) is 17.7 Å². The molecular weight excluding hydrogens is 422 g/mol. The summed E-state index contributed by atoms with van der Waals surface area (Å²) in [5.41, 5.74) is 1.96. The van der Waals surface area contributed by atoms with Crippen molar-refractivity contribution in [3.05, 3.63) is 58.6 Å². The first-order chi connectivity index (χ1) is 14.6. The fraction of sp³-hybridized carbons (Fsp3) is 0.318. The molecule has 0 radical (unpaired) electrons. The lowest BCUT2D eigenvalue weighted by atomic mass is 9.98. The summed E-state index contributed by atoms with van der Waals surface area (Å²) in [5, 5.41) is 7.29. The number of hydrogen-bond acceptors (Lipinski definition) is 5. The van der Waals surface area contributed by atoms with Crippen LogP contribution in [-0.2, 0) is 9.53 Å². The topological polar surface area (TPSA) is 64.4 Å². The number of ether oxygens (including phenoxy) is 1. The number of aromatic nitrogens is 2. The maximum atomic E-state index is 13.5. The molecule has 8 heteroatoms. The van der Waals surface area contributed by atoms with E-state index in [1.165, 1.54) is 0 Å². The zero-order valence-corrected chi connectivity index (χ0v) is 18.2. The minimum atomic E-state index is -0.286. The van der Waals surface area contributed by atoms with Gasteiger partial charge < -0.3 is 9.64 Å². The highest BCUT2D eigenvalue weighted by Crippen LogP contribution is 2.28. The van der Waals surface area contributed by atoms with E-state index in [0.29, 0.717) is 30.4 Å². The molecule has 6 nitrogen and oxygen atoms in total. The van der Waals surface area contributed by atoms with Crippen molar-refractivity contribution in [3.8, 4) is 16.3 Å². The number of benzene rings is 1.